The van der Waals surface area contributed by atoms with Crippen molar-refractivity contribution in [3.63, 3.8) is 0 Å². The van der Waals surface area contributed by atoms with Crippen molar-refractivity contribution in [1.29, 1.82) is 0 Å². The van der Waals surface area contributed by atoms with E-state index in [0.717, 1.165) is 50.6 Å². The Bertz CT molecular complexity index is 543. The highest BCUT2D eigenvalue weighted by Gasteiger charge is 2.28. The van der Waals surface area contributed by atoms with Gasteiger partial charge in [-0.2, -0.15) is 0 Å². The summed E-state index contributed by atoms with van der Waals surface area (Å²) in [6.45, 7) is 5.11. The summed E-state index contributed by atoms with van der Waals surface area (Å²) in [7, 11) is 1.37. The number of aliphatic hydroxyl groups excluding tert-OH is 1. The van der Waals surface area contributed by atoms with Gasteiger partial charge in [-0.3, -0.25) is 4.90 Å². The van der Waals surface area contributed by atoms with Gasteiger partial charge in [-0.25, -0.2) is 4.79 Å². The molecule has 0 aliphatic carbocycles. The van der Waals surface area contributed by atoms with Crippen LogP contribution in [0.25, 0.3) is 0 Å². The SMILES string of the molecule is COC(=O)c1ccc2c(c1)CC(O)N2CCN1CCOCC1. The first-order valence-corrected chi connectivity index (χ1v) is 7.65. The molecule has 6 nitrogen and oxygen atoms in total. The van der Waals surface area contributed by atoms with Crippen LogP contribution in [-0.2, 0) is 15.9 Å². The number of benzene rings is 1. The molecule has 0 radical (unpaired) electrons. The molecule has 2 aliphatic heterocycles. The molecular weight excluding hydrogens is 284 g/mol. The van der Waals surface area contributed by atoms with Gasteiger partial charge >= 0.3 is 5.97 Å². The quantitative estimate of drug-likeness (QED) is 0.817. The van der Waals surface area contributed by atoms with Crippen LogP contribution in [0.5, 0.6) is 0 Å². The number of fused-ring (bicyclic) bond motifs is 1. The molecule has 0 spiro atoms. The zero-order chi connectivity index (χ0) is 15.5. The summed E-state index contributed by atoms with van der Waals surface area (Å²) >= 11 is 0. The summed E-state index contributed by atoms with van der Waals surface area (Å²) < 4.78 is 10.1. The molecule has 120 valence electrons. The van der Waals surface area contributed by atoms with Gasteiger partial charge < -0.3 is 19.5 Å². The van der Waals surface area contributed by atoms with Crippen molar-refractivity contribution in [3.05, 3.63) is 29.3 Å². The van der Waals surface area contributed by atoms with Gasteiger partial charge in [-0.05, 0) is 23.8 Å². The van der Waals surface area contributed by atoms with Crippen LogP contribution in [-0.4, -0.2) is 68.7 Å². The van der Waals surface area contributed by atoms with E-state index in [1.54, 1.807) is 6.07 Å². The van der Waals surface area contributed by atoms with Crippen molar-refractivity contribution in [2.24, 2.45) is 0 Å². The second-order valence-corrected chi connectivity index (χ2v) is 5.67. The van der Waals surface area contributed by atoms with E-state index in [4.69, 9.17) is 9.47 Å². The molecule has 3 rings (SSSR count). The van der Waals surface area contributed by atoms with Gasteiger partial charge in [0, 0.05) is 38.3 Å². The van der Waals surface area contributed by atoms with Crippen LogP contribution < -0.4 is 4.90 Å². The molecule has 0 amide bonds. The molecule has 1 aromatic carbocycles. The van der Waals surface area contributed by atoms with Crippen LogP contribution in [0, 0.1) is 0 Å². The van der Waals surface area contributed by atoms with Crippen molar-refractivity contribution < 1.29 is 19.4 Å². The van der Waals surface area contributed by atoms with Gasteiger partial charge in [0.1, 0.15) is 6.23 Å². The molecule has 0 aromatic heterocycles. The average molecular weight is 306 g/mol. The van der Waals surface area contributed by atoms with Crippen molar-refractivity contribution in [3.8, 4) is 0 Å². The average Bonchev–Trinajstić information content (AvgIpc) is 2.87. The number of hydrogen-bond acceptors (Lipinski definition) is 6. The second-order valence-electron chi connectivity index (χ2n) is 5.67. The predicted molar refractivity (Wildman–Crippen MR) is 82.1 cm³/mol. The van der Waals surface area contributed by atoms with Crippen LogP contribution in [0.4, 0.5) is 5.69 Å². The van der Waals surface area contributed by atoms with Gasteiger partial charge in [0.25, 0.3) is 0 Å². The number of aliphatic hydroxyl groups is 1. The molecule has 1 N–H and O–H groups in total. The number of nitrogens with zero attached hydrogens (tertiary/aromatic N) is 2. The summed E-state index contributed by atoms with van der Waals surface area (Å²) in [4.78, 5) is 15.9. The molecule has 0 saturated carbocycles. The van der Waals surface area contributed by atoms with Crippen LogP contribution in [0.3, 0.4) is 0 Å². The van der Waals surface area contributed by atoms with E-state index >= 15 is 0 Å². The topological polar surface area (TPSA) is 62.2 Å². The number of esters is 1. The fourth-order valence-corrected chi connectivity index (χ4v) is 3.08. The van der Waals surface area contributed by atoms with E-state index in [1.807, 2.05) is 17.0 Å². The molecule has 6 heteroatoms. The third kappa shape index (κ3) is 3.09. The molecule has 1 saturated heterocycles. The largest absolute Gasteiger partial charge is 0.465 e. The van der Waals surface area contributed by atoms with E-state index in [1.165, 1.54) is 7.11 Å². The van der Waals surface area contributed by atoms with Crippen molar-refractivity contribution in [1.82, 2.24) is 4.90 Å². The first-order valence-electron chi connectivity index (χ1n) is 7.65. The van der Waals surface area contributed by atoms with Gasteiger partial charge in [0.05, 0.1) is 25.9 Å². The number of carbonyl (C=O) groups excluding carboxylic acids is 1. The lowest BCUT2D eigenvalue weighted by molar-refractivity contribution is 0.0380. The van der Waals surface area contributed by atoms with E-state index in [0.29, 0.717) is 12.0 Å². The van der Waals surface area contributed by atoms with Crippen molar-refractivity contribution in [2.75, 3.05) is 51.4 Å². The summed E-state index contributed by atoms with van der Waals surface area (Å²) in [5.41, 5.74) is 2.54. The lowest BCUT2D eigenvalue weighted by Gasteiger charge is -2.30. The maximum absolute atomic E-state index is 11.6. The normalized spacial score (nSPS) is 21.7. The van der Waals surface area contributed by atoms with Crippen molar-refractivity contribution in [2.45, 2.75) is 12.6 Å². The highest BCUT2D eigenvalue weighted by molar-refractivity contribution is 5.90. The minimum atomic E-state index is -0.524. The van der Waals surface area contributed by atoms with E-state index in [2.05, 4.69) is 4.90 Å². The minimum absolute atomic E-state index is 0.343. The lowest BCUT2D eigenvalue weighted by atomic mass is 10.1. The number of rotatable bonds is 4. The standard InChI is InChI=1S/C16H22N2O4/c1-21-16(20)12-2-3-14-13(10-12)11-15(19)18(14)5-4-17-6-8-22-9-7-17/h2-3,10,15,19H,4-9,11H2,1H3. The van der Waals surface area contributed by atoms with Gasteiger partial charge in [0.15, 0.2) is 0 Å². The highest BCUT2D eigenvalue weighted by atomic mass is 16.5. The Labute approximate surface area is 130 Å². The lowest BCUT2D eigenvalue weighted by Crippen LogP contribution is -2.43. The van der Waals surface area contributed by atoms with E-state index in [-0.39, 0.29) is 5.97 Å². The molecule has 22 heavy (non-hydrogen) atoms. The number of carbonyl (C=O) groups is 1. The fraction of sp³-hybridized carbons (Fsp3) is 0.562. The van der Waals surface area contributed by atoms with Crippen LogP contribution in [0.2, 0.25) is 0 Å². The predicted octanol–water partition coefficient (Wildman–Crippen LogP) is 0.486. The van der Waals surface area contributed by atoms with E-state index < -0.39 is 6.23 Å². The number of methoxy groups -OCH3 is 1. The van der Waals surface area contributed by atoms with Crippen LogP contribution in [0.1, 0.15) is 15.9 Å². The van der Waals surface area contributed by atoms with Crippen molar-refractivity contribution >= 4 is 11.7 Å². The molecule has 1 unspecified atom stereocenters. The zero-order valence-corrected chi connectivity index (χ0v) is 12.8. The minimum Gasteiger partial charge on any atom is -0.465 e. The first kappa shape index (κ1) is 15.3. The Hall–Kier alpha value is -1.63. The molecule has 0 bridgehead atoms. The number of ether oxygens (including phenoxy) is 2. The smallest absolute Gasteiger partial charge is 0.337 e. The van der Waals surface area contributed by atoms with Gasteiger partial charge in [0.2, 0.25) is 0 Å². The molecule has 2 aliphatic rings. The highest BCUT2D eigenvalue weighted by Crippen LogP contribution is 2.32. The Morgan fingerprint density at radius 2 is 2.14 bits per heavy atom. The Morgan fingerprint density at radius 3 is 2.86 bits per heavy atom. The summed E-state index contributed by atoms with van der Waals surface area (Å²) in [6, 6.07) is 5.47. The fourth-order valence-electron chi connectivity index (χ4n) is 3.08. The second kappa shape index (κ2) is 6.64. The number of morpholine rings is 1. The monoisotopic (exact) mass is 306 g/mol. The number of hydrogen-bond donors (Lipinski definition) is 1. The Balaban J connectivity index is 1.68. The van der Waals surface area contributed by atoms with E-state index in [9.17, 15) is 9.90 Å². The molecule has 1 atom stereocenters. The number of anilines is 1. The Morgan fingerprint density at radius 1 is 1.36 bits per heavy atom. The Kier molecular flexibility index (Phi) is 4.61. The third-order valence-electron chi connectivity index (χ3n) is 4.33. The summed E-state index contributed by atoms with van der Waals surface area (Å²) in [5, 5.41) is 10.3. The molecule has 1 aromatic rings. The summed E-state index contributed by atoms with van der Waals surface area (Å²) in [5.74, 6) is -0.343. The maximum atomic E-state index is 11.6. The third-order valence-corrected chi connectivity index (χ3v) is 4.33. The van der Waals surface area contributed by atoms with Gasteiger partial charge in [-0.1, -0.05) is 0 Å². The first-order chi connectivity index (χ1) is 10.7. The zero-order valence-electron chi connectivity index (χ0n) is 12.8. The molecule has 2 heterocycles. The molecule has 1 fully saturated rings. The summed E-state index contributed by atoms with van der Waals surface area (Å²) in [6.07, 6.45) is 0.0208. The van der Waals surface area contributed by atoms with Gasteiger partial charge in [-0.15, -0.1) is 0 Å². The maximum Gasteiger partial charge on any atom is 0.337 e. The van der Waals surface area contributed by atoms with Crippen LogP contribution >= 0.6 is 0 Å². The van der Waals surface area contributed by atoms with Crippen LogP contribution in [0.15, 0.2) is 18.2 Å². The molecular formula is C16H22N2O4.